The van der Waals surface area contributed by atoms with E-state index in [1.54, 1.807) is 29.0 Å². The fraction of sp³-hybridized carbons (Fsp3) is 0.167. The van der Waals surface area contributed by atoms with E-state index in [2.05, 4.69) is 15.4 Å². The fourth-order valence-corrected chi connectivity index (χ4v) is 4.72. The number of nitrogens with one attached hydrogen (secondary N) is 1. The Bertz CT molecular complexity index is 1340. The van der Waals surface area contributed by atoms with Crippen LogP contribution in [0, 0.1) is 12.7 Å². The average Bonchev–Trinajstić information content (AvgIpc) is 3.47. The molecule has 1 atom stereocenters. The van der Waals surface area contributed by atoms with Gasteiger partial charge in [0.25, 0.3) is 11.8 Å². The quantitative estimate of drug-likeness (QED) is 0.380. The second kappa shape index (κ2) is 9.74. The summed E-state index contributed by atoms with van der Waals surface area (Å²) in [6.07, 6.45) is 3.09. The van der Waals surface area contributed by atoms with E-state index >= 15 is 0 Å². The number of carbonyl (C=O) groups excluding carboxylic acids is 2. The van der Waals surface area contributed by atoms with Crippen LogP contribution in [0.15, 0.2) is 61.2 Å². The molecule has 7 nitrogen and oxygen atoms in total. The Hall–Kier alpha value is -3.56. The molecule has 0 aliphatic heterocycles. The third-order valence-electron chi connectivity index (χ3n) is 5.48. The van der Waals surface area contributed by atoms with Crippen molar-refractivity contribution >= 4 is 39.8 Å². The zero-order valence-corrected chi connectivity index (χ0v) is 20.2. The largest absolute Gasteiger partial charge is 0.334 e. The number of thiophene rings is 1. The monoisotopic (exact) mass is 497 g/mol. The summed E-state index contributed by atoms with van der Waals surface area (Å²) in [5.41, 5.74) is 2.74. The van der Waals surface area contributed by atoms with Gasteiger partial charge in [-0.05, 0) is 61.4 Å². The molecule has 1 unspecified atom stereocenters. The van der Waals surface area contributed by atoms with Crippen molar-refractivity contribution in [2.24, 2.45) is 0 Å². The fourth-order valence-electron chi connectivity index (χ4n) is 3.42. The molecule has 2 amide bonds. The van der Waals surface area contributed by atoms with E-state index in [0.717, 1.165) is 22.9 Å². The van der Waals surface area contributed by atoms with Crippen molar-refractivity contribution in [2.45, 2.75) is 19.9 Å². The van der Waals surface area contributed by atoms with Gasteiger partial charge in [-0.15, -0.1) is 11.3 Å². The summed E-state index contributed by atoms with van der Waals surface area (Å²) in [4.78, 5) is 31.9. The number of hydrogen-bond acceptors (Lipinski definition) is 5. The molecule has 10 heteroatoms. The first kappa shape index (κ1) is 23.6. The summed E-state index contributed by atoms with van der Waals surface area (Å²) in [6.45, 7) is 3.76. The molecule has 1 N–H and O–H groups in total. The van der Waals surface area contributed by atoms with E-state index in [0.29, 0.717) is 9.88 Å². The molecule has 174 valence electrons. The second-order valence-electron chi connectivity index (χ2n) is 7.72. The van der Waals surface area contributed by atoms with Gasteiger partial charge in [0, 0.05) is 7.05 Å². The third kappa shape index (κ3) is 4.85. The minimum Gasteiger partial charge on any atom is -0.334 e. The molecular weight excluding hydrogens is 477 g/mol. The van der Waals surface area contributed by atoms with Gasteiger partial charge in [0.15, 0.2) is 0 Å². The Labute approximate surface area is 204 Å². The van der Waals surface area contributed by atoms with Crippen molar-refractivity contribution in [1.29, 1.82) is 0 Å². The minimum atomic E-state index is -0.522. The maximum atomic E-state index is 13.3. The van der Waals surface area contributed by atoms with Gasteiger partial charge < -0.3 is 10.2 Å². The Morgan fingerprint density at radius 2 is 1.91 bits per heavy atom. The predicted molar refractivity (Wildman–Crippen MR) is 130 cm³/mol. The highest BCUT2D eigenvalue weighted by molar-refractivity contribution is 7.18. The molecule has 0 aliphatic rings. The summed E-state index contributed by atoms with van der Waals surface area (Å²) in [7, 11) is 1.74. The lowest BCUT2D eigenvalue weighted by molar-refractivity contribution is 0.0746. The van der Waals surface area contributed by atoms with Crippen LogP contribution in [0.5, 0.6) is 0 Å². The van der Waals surface area contributed by atoms with E-state index in [1.165, 1.54) is 29.8 Å². The summed E-state index contributed by atoms with van der Waals surface area (Å²) in [5, 5.41) is 7.38. The molecule has 4 rings (SSSR count). The van der Waals surface area contributed by atoms with Crippen molar-refractivity contribution in [2.75, 3.05) is 12.4 Å². The number of aryl methyl sites for hydroxylation is 1. The van der Waals surface area contributed by atoms with Gasteiger partial charge in [-0.1, -0.05) is 23.7 Å². The van der Waals surface area contributed by atoms with E-state index in [1.807, 2.05) is 38.1 Å². The van der Waals surface area contributed by atoms with Crippen molar-refractivity contribution in [3.8, 4) is 5.69 Å². The van der Waals surface area contributed by atoms with Crippen LogP contribution in [0.3, 0.4) is 0 Å². The van der Waals surface area contributed by atoms with Crippen LogP contribution in [-0.2, 0) is 0 Å². The first-order chi connectivity index (χ1) is 16.2. The van der Waals surface area contributed by atoms with Gasteiger partial charge in [0.05, 0.1) is 32.2 Å². The highest BCUT2D eigenvalue weighted by atomic mass is 35.5. The molecule has 2 heterocycles. The molecule has 0 saturated carbocycles. The summed E-state index contributed by atoms with van der Waals surface area (Å²) in [6, 6.07) is 12.9. The Kier molecular flexibility index (Phi) is 6.76. The summed E-state index contributed by atoms with van der Waals surface area (Å²) < 4.78 is 14.9. The number of aromatic nitrogens is 3. The number of carbonyl (C=O) groups is 2. The van der Waals surface area contributed by atoms with Crippen LogP contribution in [0.1, 0.15) is 44.1 Å². The predicted octanol–water partition coefficient (Wildman–Crippen LogP) is 5.52. The number of rotatable bonds is 6. The molecule has 2 aromatic heterocycles. The number of hydrogen-bond donors (Lipinski definition) is 1. The topological polar surface area (TPSA) is 80.1 Å². The lowest BCUT2D eigenvalue weighted by Crippen LogP contribution is -2.29. The Balaban J connectivity index is 1.47. The number of benzene rings is 2. The third-order valence-corrected chi connectivity index (χ3v) is 6.94. The van der Waals surface area contributed by atoms with Crippen LogP contribution in [0.4, 0.5) is 9.39 Å². The maximum absolute atomic E-state index is 13.3. The van der Waals surface area contributed by atoms with E-state index < -0.39 is 11.7 Å². The average molecular weight is 498 g/mol. The molecule has 0 radical (unpaired) electrons. The molecule has 0 saturated heterocycles. The first-order valence-corrected chi connectivity index (χ1v) is 11.5. The van der Waals surface area contributed by atoms with Gasteiger partial charge in [-0.2, -0.15) is 5.10 Å². The SMILES string of the molecule is Cc1cc(NC(=O)c2ccc(F)cc2Cl)sc1C(=O)N(C)C(C)c1ccc(-n2cncn2)cc1. The van der Waals surface area contributed by atoms with Crippen LogP contribution in [0.25, 0.3) is 5.69 Å². The molecule has 2 aromatic carbocycles. The number of nitrogens with zero attached hydrogens (tertiary/aromatic N) is 4. The van der Waals surface area contributed by atoms with Gasteiger partial charge in [-0.25, -0.2) is 14.1 Å². The lowest BCUT2D eigenvalue weighted by atomic mass is 10.1. The Morgan fingerprint density at radius 3 is 2.56 bits per heavy atom. The maximum Gasteiger partial charge on any atom is 0.264 e. The standard InChI is InChI=1S/C24H21ClFN5O2S/c1-14-10-21(29-23(32)19-9-6-17(26)11-20(19)25)34-22(14)24(33)30(3)15(2)16-4-7-18(8-5-16)31-13-27-12-28-31/h4-13,15H,1-3H3,(H,29,32). The zero-order chi connectivity index (χ0) is 24.4. The Morgan fingerprint density at radius 1 is 1.18 bits per heavy atom. The minimum absolute atomic E-state index is 0.0190. The van der Waals surface area contributed by atoms with Crippen molar-refractivity contribution in [1.82, 2.24) is 19.7 Å². The molecule has 0 aliphatic carbocycles. The van der Waals surface area contributed by atoms with Gasteiger partial charge in [0.2, 0.25) is 0 Å². The molecular formula is C24H21ClFN5O2S. The molecule has 4 aromatic rings. The summed E-state index contributed by atoms with van der Waals surface area (Å²) >= 11 is 7.17. The molecule has 0 bridgehead atoms. The smallest absolute Gasteiger partial charge is 0.264 e. The van der Waals surface area contributed by atoms with Crippen LogP contribution in [-0.4, -0.2) is 38.5 Å². The zero-order valence-electron chi connectivity index (χ0n) is 18.6. The highest BCUT2D eigenvalue weighted by Crippen LogP contribution is 2.31. The van der Waals surface area contributed by atoms with Gasteiger partial charge in [0.1, 0.15) is 18.5 Å². The number of anilines is 1. The van der Waals surface area contributed by atoms with Crippen LogP contribution in [0.2, 0.25) is 5.02 Å². The number of amides is 2. The molecule has 34 heavy (non-hydrogen) atoms. The van der Waals surface area contributed by atoms with Gasteiger partial charge >= 0.3 is 0 Å². The van der Waals surface area contributed by atoms with E-state index in [4.69, 9.17) is 11.6 Å². The van der Waals surface area contributed by atoms with E-state index in [-0.39, 0.29) is 22.5 Å². The number of halogens is 2. The second-order valence-corrected chi connectivity index (χ2v) is 9.18. The lowest BCUT2D eigenvalue weighted by Gasteiger charge is -2.25. The molecule has 0 spiro atoms. The highest BCUT2D eigenvalue weighted by Gasteiger charge is 2.23. The summed E-state index contributed by atoms with van der Waals surface area (Å²) in [5.74, 6) is -1.15. The molecule has 0 fully saturated rings. The van der Waals surface area contributed by atoms with Gasteiger partial charge in [-0.3, -0.25) is 9.59 Å². The van der Waals surface area contributed by atoms with Crippen molar-refractivity contribution in [3.05, 3.63) is 93.6 Å². The first-order valence-electron chi connectivity index (χ1n) is 10.3. The normalized spacial score (nSPS) is 11.8. The van der Waals surface area contributed by atoms with Crippen molar-refractivity contribution < 1.29 is 14.0 Å². The van der Waals surface area contributed by atoms with E-state index in [9.17, 15) is 14.0 Å². The van der Waals surface area contributed by atoms with Crippen LogP contribution < -0.4 is 5.32 Å². The van der Waals surface area contributed by atoms with Crippen molar-refractivity contribution in [3.63, 3.8) is 0 Å². The van der Waals surface area contributed by atoms with Crippen LogP contribution >= 0.6 is 22.9 Å².